The Morgan fingerprint density at radius 2 is 1.86 bits per heavy atom. The van der Waals surface area contributed by atoms with E-state index < -0.39 is 5.97 Å². The van der Waals surface area contributed by atoms with Crippen molar-refractivity contribution in [2.24, 2.45) is 0 Å². The Labute approximate surface area is 83.2 Å². The van der Waals surface area contributed by atoms with Crippen molar-refractivity contribution >= 4 is 11.9 Å². The van der Waals surface area contributed by atoms with Crippen LogP contribution in [0.5, 0.6) is 0 Å². The molecule has 0 aliphatic rings. The molecule has 0 heterocycles. The molecule has 0 atom stereocenters. The van der Waals surface area contributed by atoms with Gasteiger partial charge in [0.1, 0.15) is 13.2 Å². The molecule has 0 radical (unpaired) electrons. The standard InChI is InChI=1S/C10H14O4/c1-4-5-9(11)13-6-7-14-10(12)8(2)3/h4H,1-2,5-7H2,3H3. The van der Waals surface area contributed by atoms with Crippen molar-refractivity contribution in [2.75, 3.05) is 13.2 Å². The van der Waals surface area contributed by atoms with Crippen LogP contribution in [0.1, 0.15) is 13.3 Å². The van der Waals surface area contributed by atoms with Crippen LogP contribution in [0.2, 0.25) is 0 Å². The first-order chi connectivity index (χ1) is 6.57. The van der Waals surface area contributed by atoms with Crippen LogP contribution < -0.4 is 0 Å². The molecule has 0 aromatic heterocycles. The number of hydrogen-bond donors (Lipinski definition) is 0. The molecule has 0 spiro atoms. The van der Waals surface area contributed by atoms with E-state index in [1.54, 1.807) is 6.92 Å². The Kier molecular flexibility index (Phi) is 6.11. The summed E-state index contributed by atoms with van der Waals surface area (Å²) < 4.78 is 9.39. The summed E-state index contributed by atoms with van der Waals surface area (Å²) in [6, 6.07) is 0. The molecule has 4 heteroatoms. The van der Waals surface area contributed by atoms with Crippen LogP contribution in [0, 0.1) is 0 Å². The lowest BCUT2D eigenvalue weighted by Gasteiger charge is -2.04. The first-order valence-electron chi connectivity index (χ1n) is 4.17. The fraction of sp³-hybridized carbons (Fsp3) is 0.400. The molecule has 0 aliphatic heterocycles. The molecular formula is C10H14O4. The summed E-state index contributed by atoms with van der Waals surface area (Å²) in [7, 11) is 0. The lowest BCUT2D eigenvalue weighted by molar-refractivity contribution is -0.149. The molecule has 0 saturated heterocycles. The Hall–Kier alpha value is -1.58. The van der Waals surface area contributed by atoms with E-state index in [1.165, 1.54) is 6.08 Å². The summed E-state index contributed by atoms with van der Waals surface area (Å²) in [6.45, 7) is 8.44. The van der Waals surface area contributed by atoms with Gasteiger partial charge in [-0.15, -0.1) is 6.58 Å². The van der Waals surface area contributed by atoms with Gasteiger partial charge in [-0.2, -0.15) is 0 Å². The zero-order chi connectivity index (χ0) is 11.0. The molecule has 0 aromatic rings. The van der Waals surface area contributed by atoms with Crippen molar-refractivity contribution in [3.8, 4) is 0 Å². The minimum Gasteiger partial charge on any atom is -0.462 e. The molecule has 0 amide bonds. The second-order valence-corrected chi connectivity index (χ2v) is 2.63. The van der Waals surface area contributed by atoms with Crippen molar-refractivity contribution in [3.05, 3.63) is 24.8 Å². The van der Waals surface area contributed by atoms with Crippen LogP contribution in [0.3, 0.4) is 0 Å². The maximum absolute atomic E-state index is 10.8. The monoisotopic (exact) mass is 198 g/mol. The Morgan fingerprint density at radius 3 is 2.36 bits per heavy atom. The first kappa shape index (κ1) is 12.4. The van der Waals surface area contributed by atoms with Crippen LogP contribution in [0.4, 0.5) is 0 Å². The van der Waals surface area contributed by atoms with E-state index in [4.69, 9.17) is 9.47 Å². The topological polar surface area (TPSA) is 52.6 Å². The van der Waals surface area contributed by atoms with E-state index in [1.807, 2.05) is 0 Å². The lowest BCUT2D eigenvalue weighted by atomic mass is 10.4. The summed E-state index contributed by atoms with van der Waals surface area (Å²) in [5.41, 5.74) is 0.322. The molecule has 0 unspecified atom stereocenters. The predicted octanol–water partition coefficient (Wildman–Crippen LogP) is 1.22. The summed E-state index contributed by atoms with van der Waals surface area (Å²) in [6.07, 6.45) is 1.61. The lowest BCUT2D eigenvalue weighted by Crippen LogP contribution is -2.13. The number of rotatable bonds is 6. The number of hydrogen-bond acceptors (Lipinski definition) is 4. The van der Waals surface area contributed by atoms with E-state index in [-0.39, 0.29) is 25.6 Å². The van der Waals surface area contributed by atoms with Gasteiger partial charge in [0.15, 0.2) is 0 Å². The Morgan fingerprint density at radius 1 is 1.29 bits per heavy atom. The fourth-order valence-corrected chi connectivity index (χ4v) is 0.590. The van der Waals surface area contributed by atoms with Crippen LogP contribution in [-0.4, -0.2) is 25.2 Å². The minimum absolute atomic E-state index is 0.0502. The quantitative estimate of drug-likeness (QED) is 0.279. The van der Waals surface area contributed by atoms with Gasteiger partial charge in [-0.1, -0.05) is 12.7 Å². The highest BCUT2D eigenvalue weighted by atomic mass is 16.6. The van der Waals surface area contributed by atoms with Gasteiger partial charge in [-0.3, -0.25) is 4.79 Å². The molecule has 0 rings (SSSR count). The van der Waals surface area contributed by atoms with E-state index in [0.717, 1.165) is 0 Å². The number of ether oxygens (including phenoxy) is 2. The van der Waals surface area contributed by atoms with Gasteiger partial charge in [0.05, 0.1) is 6.42 Å². The number of esters is 2. The van der Waals surface area contributed by atoms with Crippen molar-refractivity contribution in [3.63, 3.8) is 0 Å². The third-order valence-electron chi connectivity index (χ3n) is 1.24. The molecule has 0 bridgehead atoms. The summed E-state index contributed by atoms with van der Waals surface area (Å²) in [4.78, 5) is 21.6. The predicted molar refractivity (Wildman–Crippen MR) is 51.5 cm³/mol. The molecule has 4 nitrogen and oxygen atoms in total. The van der Waals surface area contributed by atoms with Gasteiger partial charge in [0, 0.05) is 5.57 Å². The molecule has 0 saturated carbocycles. The molecule has 14 heavy (non-hydrogen) atoms. The normalized spacial score (nSPS) is 8.93. The highest BCUT2D eigenvalue weighted by Crippen LogP contribution is 1.92. The number of carbonyl (C=O) groups is 2. The molecule has 0 aromatic carbocycles. The van der Waals surface area contributed by atoms with Crippen LogP contribution in [0.25, 0.3) is 0 Å². The molecular weight excluding hydrogens is 184 g/mol. The Bertz CT molecular complexity index is 243. The SMILES string of the molecule is C=CCC(=O)OCCOC(=O)C(=C)C. The zero-order valence-corrected chi connectivity index (χ0v) is 8.25. The molecule has 78 valence electrons. The third-order valence-corrected chi connectivity index (χ3v) is 1.24. The fourth-order valence-electron chi connectivity index (χ4n) is 0.590. The average molecular weight is 198 g/mol. The average Bonchev–Trinajstić information content (AvgIpc) is 2.12. The second-order valence-electron chi connectivity index (χ2n) is 2.63. The smallest absolute Gasteiger partial charge is 0.333 e. The summed E-state index contributed by atoms with van der Waals surface area (Å²) >= 11 is 0. The van der Waals surface area contributed by atoms with Crippen molar-refractivity contribution in [1.82, 2.24) is 0 Å². The maximum Gasteiger partial charge on any atom is 0.333 e. The van der Waals surface area contributed by atoms with E-state index >= 15 is 0 Å². The van der Waals surface area contributed by atoms with E-state index in [9.17, 15) is 9.59 Å². The maximum atomic E-state index is 10.8. The highest BCUT2D eigenvalue weighted by Gasteiger charge is 2.03. The third kappa shape index (κ3) is 5.99. The molecule has 0 fully saturated rings. The summed E-state index contributed by atoms with van der Waals surface area (Å²) in [5.74, 6) is -0.865. The van der Waals surface area contributed by atoms with Crippen LogP contribution >= 0.6 is 0 Å². The van der Waals surface area contributed by atoms with Gasteiger partial charge in [0.25, 0.3) is 0 Å². The number of carbonyl (C=O) groups excluding carboxylic acids is 2. The first-order valence-corrected chi connectivity index (χ1v) is 4.17. The Balaban J connectivity index is 3.47. The van der Waals surface area contributed by atoms with Crippen LogP contribution in [0.15, 0.2) is 24.8 Å². The highest BCUT2D eigenvalue weighted by molar-refractivity contribution is 5.86. The van der Waals surface area contributed by atoms with Crippen LogP contribution in [-0.2, 0) is 19.1 Å². The zero-order valence-electron chi connectivity index (χ0n) is 8.25. The molecule has 0 aliphatic carbocycles. The van der Waals surface area contributed by atoms with Crippen molar-refractivity contribution in [1.29, 1.82) is 0 Å². The van der Waals surface area contributed by atoms with Gasteiger partial charge in [-0.05, 0) is 6.92 Å². The molecule has 0 N–H and O–H groups in total. The van der Waals surface area contributed by atoms with E-state index in [0.29, 0.717) is 5.57 Å². The minimum atomic E-state index is -0.482. The van der Waals surface area contributed by atoms with Crippen molar-refractivity contribution in [2.45, 2.75) is 13.3 Å². The van der Waals surface area contributed by atoms with Crippen molar-refractivity contribution < 1.29 is 19.1 Å². The van der Waals surface area contributed by atoms with Gasteiger partial charge >= 0.3 is 11.9 Å². The van der Waals surface area contributed by atoms with Gasteiger partial charge < -0.3 is 9.47 Å². The van der Waals surface area contributed by atoms with E-state index in [2.05, 4.69) is 13.2 Å². The summed E-state index contributed by atoms with van der Waals surface area (Å²) in [5, 5.41) is 0. The largest absolute Gasteiger partial charge is 0.462 e. The second kappa shape index (κ2) is 6.88. The van der Waals surface area contributed by atoms with Gasteiger partial charge in [-0.25, -0.2) is 4.79 Å². The van der Waals surface area contributed by atoms with Gasteiger partial charge in [0.2, 0.25) is 0 Å².